The van der Waals surface area contributed by atoms with Crippen molar-refractivity contribution in [3.63, 3.8) is 0 Å². The van der Waals surface area contributed by atoms with Gasteiger partial charge in [-0.05, 0) is 25.7 Å². The quantitative estimate of drug-likeness (QED) is 0.415. The molecule has 1 fully saturated rings. The molecular weight excluding hydrogens is 126 g/mol. The van der Waals surface area contributed by atoms with Gasteiger partial charge in [-0.15, -0.1) is 0 Å². The topological polar surface area (TPSA) is 78.1 Å². The van der Waals surface area contributed by atoms with Crippen molar-refractivity contribution < 1.29 is 0 Å². The van der Waals surface area contributed by atoms with E-state index >= 15 is 0 Å². The van der Waals surface area contributed by atoms with Crippen LogP contribution in [0.1, 0.15) is 12.8 Å². The maximum atomic E-state index is 5.74. The molecule has 0 heterocycles. The highest BCUT2D eigenvalue weighted by Crippen LogP contribution is 2.20. The fraction of sp³-hybridized carbons (Fsp3) is 0.857. The Bertz CT molecular complexity index is 103. The van der Waals surface area contributed by atoms with Crippen molar-refractivity contribution in [1.82, 2.24) is 0 Å². The molecule has 0 amide bonds. The van der Waals surface area contributed by atoms with Crippen LogP contribution in [0.2, 0.25) is 0 Å². The van der Waals surface area contributed by atoms with E-state index in [0.29, 0.717) is 0 Å². The van der Waals surface area contributed by atoms with Crippen LogP contribution >= 0.6 is 0 Å². The van der Waals surface area contributed by atoms with E-state index in [-0.39, 0.29) is 24.0 Å². The lowest BCUT2D eigenvalue weighted by molar-refractivity contribution is 0.284. The molecule has 3 heteroatoms. The summed E-state index contributed by atoms with van der Waals surface area (Å²) in [7, 11) is 0. The molecule has 0 aromatic carbocycles. The van der Waals surface area contributed by atoms with Gasteiger partial charge in [-0.2, -0.15) is 0 Å². The first-order valence-corrected chi connectivity index (χ1v) is 3.71. The summed E-state index contributed by atoms with van der Waals surface area (Å²) in [6.07, 6.45) is 1.73. The van der Waals surface area contributed by atoms with Crippen molar-refractivity contribution in [2.45, 2.75) is 31.0 Å². The first-order chi connectivity index (χ1) is 4.61. The molecule has 1 saturated carbocycles. The van der Waals surface area contributed by atoms with E-state index in [9.17, 15) is 0 Å². The summed E-state index contributed by atoms with van der Waals surface area (Å²) in [5.74, 6) is 0.180. The summed E-state index contributed by atoms with van der Waals surface area (Å²) in [5, 5.41) is 0. The molecule has 0 saturated heterocycles. The molecule has 59 valence electrons. The van der Waals surface area contributed by atoms with Crippen LogP contribution in [0.5, 0.6) is 0 Å². The van der Waals surface area contributed by atoms with E-state index in [1.54, 1.807) is 0 Å². The molecular formula is C7H16N3. The lowest BCUT2D eigenvalue weighted by Crippen LogP contribution is -2.51. The number of hydrogen-bond donors (Lipinski definition) is 3. The maximum absolute atomic E-state index is 5.74. The molecule has 10 heavy (non-hydrogen) atoms. The van der Waals surface area contributed by atoms with Crippen LogP contribution in [0, 0.1) is 12.8 Å². The second kappa shape index (κ2) is 2.86. The van der Waals surface area contributed by atoms with E-state index < -0.39 is 0 Å². The van der Waals surface area contributed by atoms with Crippen LogP contribution in [0.25, 0.3) is 0 Å². The molecule has 0 aliphatic heterocycles. The van der Waals surface area contributed by atoms with Gasteiger partial charge in [0.2, 0.25) is 0 Å². The molecule has 3 nitrogen and oxygen atoms in total. The zero-order chi connectivity index (χ0) is 7.72. The highest BCUT2D eigenvalue weighted by atomic mass is 14.8. The van der Waals surface area contributed by atoms with Gasteiger partial charge in [0.1, 0.15) is 0 Å². The van der Waals surface area contributed by atoms with E-state index in [4.69, 9.17) is 17.2 Å². The van der Waals surface area contributed by atoms with Crippen LogP contribution < -0.4 is 17.2 Å². The van der Waals surface area contributed by atoms with Crippen molar-refractivity contribution in [2.24, 2.45) is 23.1 Å². The van der Waals surface area contributed by atoms with E-state index in [1.165, 1.54) is 0 Å². The van der Waals surface area contributed by atoms with Crippen molar-refractivity contribution in [1.29, 1.82) is 0 Å². The molecule has 1 rings (SSSR count). The van der Waals surface area contributed by atoms with E-state index in [2.05, 4.69) is 6.92 Å². The molecule has 0 aromatic rings. The second-order valence-corrected chi connectivity index (χ2v) is 3.22. The van der Waals surface area contributed by atoms with Crippen molar-refractivity contribution in [3.8, 4) is 0 Å². The van der Waals surface area contributed by atoms with Crippen LogP contribution in [-0.4, -0.2) is 18.1 Å². The number of rotatable bonds is 0. The minimum atomic E-state index is 0.0961. The fourth-order valence-corrected chi connectivity index (χ4v) is 1.46. The average molecular weight is 142 g/mol. The zero-order valence-electron chi connectivity index (χ0n) is 6.16. The Kier molecular flexibility index (Phi) is 2.28. The van der Waals surface area contributed by atoms with Gasteiger partial charge in [0, 0.05) is 18.1 Å². The van der Waals surface area contributed by atoms with Crippen LogP contribution in [0.3, 0.4) is 0 Å². The second-order valence-electron chi connectivity index (χ2n) is 3.22. The van der Waals surface area contributed by atoms with E-state index in [1.807, 2.05) is 0 Å². The summed E-state index contributed by atoms with van der Waals surface area (Å²) >= 11 is 0. The predicted octanol–water partition coefficient (Wildman–Crippen LogP) is -0.788. The minimum absolute atomic E-state index is 0.0961. The minimum Gasteiger partial charge on any atom is -0.328 e. The smallest absolute Gasteiger partial charge is 0.00966 e. The van der Waals surface area contributed by atoms with Gasteiger partial charge in [0.25, 0.3) is 0 Å². The summed E-state index contributed by atoms with van der Waals surface area (Å²) in [6.45, 7) is 3.89. The SMILES string of the molecule is [CH2]C1C(N)CC(N)CC1N. The van der Waals surface area contributed by atoms with Gasteiger partial charge >= 0.3 is 0 Å². The molecule has 2 atom stereocenters. The summed E-state index contributed by atoms with van der Waals surface area (Å²) in [5.41, 5.74) is 17.2. The van der Waals surface area contributed by atoms with Crippen LogP contribution in [-0.2, 0) is 0 Å². The normalized spacial score (nSPS) is 49.2. The van der Waals surface area contributed by atoms with Gasteiger partial charge < -0.3 is 17.2 Å². The molecule has 1 radical (unpaired) electrons. The molecule has 2 unspecified atom stereocenters. The molecule has 0 spiro atoms. The predicted molar refractivity (Wildman–Crippen MR) is 42.0 cm³/mol. The third-order valence-electron chi connectivity index (χ3n) is 2.25. The van der Waals surface area contributed by atoms with Crippen LogP contribution in [0.4, 0.5) is 0 Å². The Morgan fingerprint density at radius 1 is 1.00 bits per heavy atom. The first kappa shape index (κ1) is 7.98. The Balaban J connectivity index is 2.49. The van der Waals surface area contributed by atoms with Gasteiger partial charge in [0.05, 0.1) is 0 Å². The lowest BCUT2D eigenvalue weighted by Gasteiger charge is -2.34. The zero-order valence-corrected chi connectivity index (χ0v) is 6.16. The third kappa shape index (κ3) is 1.48. The first-order valence-electron chi connectivity index (χ1n) is 3.71. The lowest BCUT2D eigenvalue weighted by atomic mass is 9.80. The largest absolute Gasteiger partial charge is 0.328 e. The van der Waals surface area contributed by atoms with Crippen molar-refractivity contribution >= 4 is 0 Å². The third-order valence-corrected chi connectivity index (χ3v) is 2.25. The van der Waals surface area contributed by atoms with Gasteiger partial charge in [-0.25, -0.2) is 0 Å². The summed E-state index contributed by atoms with van der Waals surface area (Å²) < 4.78 is 0. The monoisotopic (exact) mass is 142 g/mol. The Hall–Kier alpha value is -0.120. The molecule has 0 aromatic heterocycles. The average Bonchev–Trinajstić information content (AvgIpc) is 1.82. The fourth-order valence-electron chi connectivity index (χ4n) is 1.46. The highest BCUT2D eigenvalue weighted by Gasteiger charge is 2.28. The Labute approximate surface area is 61.9 Å². The number of nitrogens with two attached hydrogens (primary N) is 3. The van der Waals surface area contributed by atoms with Crippen LogP contribution in [0.15, 0.2) is 0 Å². The Morgan fingerprint density at radius 3 is 1.80 bits per heavy atom. The standard InChI is InChI=1S/C7H16N3/c1-4-6(9)2-5(8)3-7(4)10/h4-7H,1-3,8-10H2. The maximum Gasteiger partial charge on any atom is 0.00966 e. The highest BCUT2D eigenvalue weighted by molar-refractivity contribution is 4.93. The Morgan fingerprint density at radius 2 is 1.40 bits per heavy atom. The molecule has 0 bridgehead atoms. The van der Waals surface area contributed by atoms with Crippen molar-refractivity contribution in [3.05, 3.63) is 6.92 Å². The van der Waals surface area contributed by atoms with Gasteiger partial charge in [-0.1, -0.05) is 0 Å². The molecule has 1 aliphatic rings. The summed E-state index contributed by atoms with van der Waals surface area (Å²) in [4.78, 5) is 0. The number of hydrogen-bond acceptors (Lipinski definition) is 3. The van der Waals surface area contributed by atoms with Gasteiger partial charge in [-0.3, -0.25) is 0 Å². The van der Waals surface area contributed by atoms with Gasteiger partial charge in [0.15, 0.2) is 0 Å². The summed E-state index contributed by atoms with van der Waals surface area (Å²) in [6, 6.07) is 0.375. The molecule has 1 aliphatic carbocycles. The molecule has 6 N–H and O–H groups in total. The van der Waals surface area contributed by atoms with Crippen molar-refractivity contribution in [2.75, 3.05) is 0 Å². The van der Waals surface area contributed by atoms with E-state index in [0.717, 1.165) is 12.8 Å².